The fourth-order valence-electron chi connectivity index (χ4n) is 3.53. The van der Waals surface area contributed by atoms with Crippen molar-refractivity contribution in [1.82, 2.24) is 9.80 Å². The minimum atomic E-state index is -1.04. The molecule has 1 aromatic carbocycles. The van der Waals surface area contributed by atoms with Crippen LogP contribution in [0.15, 0.2) is 24.3 Å². The molecule has 1 aliphatic heterocycles. The number of carbonyl (C=O) groups is 3. The molecule has 0 radical (unpaired) electrons. The van der Waals surface area contributed by atoms with Gasteiger partial charge in [0.2, 0.25) is 5.91 Å². The molecule has 0 unspecified atom stereocenters. The molecule has 3 rings (SSSR count). The zero-order chi connectivity index (χ0) is 17.1. The molecule has 1 aromatic rings. The fraction of sp³-hybridized carbons (Fsp3) is 0.500. The van der Waals surface area contributed by atoms with E-state index in [4.69, 9.17) is 5.11 Å². The molecule has 1 saturated carbocycles. The third kappa shape index (κ3) is 3.42. The molecule has 1 saturated heterocycles. The average Bonchev–Trinajstić information content (AvgIpc) is 3.15. The second-order valence-corrected chi connectivity index (χ2v) is 6.48. The summed E-state index contributed by atoms with van der Waals surface area (Å²) in [5.41, 5.74) is 0.487. The molecule has 2 fully saturated rings. The number of hydrogen-bond donors (Lipinski definition) is 1. The minimum Gasteiger partial charge on any atom is -0.478 e. The molecule has 6 heteroatoms. The van der Waals surface area contributed by atoms with Gasteiger partial charge in [-0.05, 0) is 31.0 Å². The van der Waals surface area contributed by atoms with Gasteiger partial charge in [-0.25, -0.2) is 4.79 Å². The van der Waals surface area contributed by atoms with Crippen molar-refractivity contribution in [3.8, 4) is 0 Å². The molecule has 0 aromatic heterocycles. The Morgan fingerprint density at radius 3 is 2.12 bits per heavy atom. The van der Waals surface area contributed by atoms with Gasteiger partial charge in [-0.15, -0.1) is 0 Å². The van der Waals surface area contributed by atoms with Crippen LogP contribution in [0.4, 0.5) is 0 Å². The molecular formula is C18H22N2O4. The minimum absolute atomic E-state index is 0.107. The first-order valence-electron chi connectivity index (χ1n) is 8.47. The van der Waals surface area contributed by atoms with E-state index in [1.54, 1.807) is 17.0 Å². The number of hydrogen-bond acceptors (Lipinski definition) is 3. The summed E-state index contributed by atoms with van der Waals surface area (Å²) in [6, 6.07) is 6.08. The standard InChI is InChI=1S/C18H22N2O4/c21-16(13-4-1-2-5-13)19-8-10-20(11-9-19)17(22)14-6-3-7-15(12-14)18(23)24/h3,6-7,12-13H,1-2,4-5,8-11H2,(H,23,24). The quantitative estimate of drug-likeness (QED) is 0.917. The molecule has 0 atom stereocenters. The summed E-state index contributed by atoms with van der Waals surface area (Å²) in [4.78, 5) is 39.5. The first kappa shape index (κ1) is 16.5. The highest BCUT2D eigenvalue weighted by Gasteiger charge is 2.30. The molecule has 24 heavy (non-hydrogen) atoms. The molecule has 1 heterocycles. The van der Waals surface area contributed by atoms with Gasteiger partial charge in [-0.3, -0.25) is 9.59 Å². The van der Waals surface area contributed by atoms with Crippen molar-refractivity contribution in [2.24, 2.45) is 5.92 Å². The third-order valence-electron chi connectivity index (χ3n) is 4.94. The van der Waals surface area contributed by atoms with E-state index in [9.17, 15) is 14.4 Å². The Morgan fingerprint density at radius 1 is 0.917 bits per heavy atom. The van der Waals surface area contributed by atoms with Crippen LogP contribution in [0.25, 0.3) is 0 Å². The van der Waals surface area contributed by atoms with E-state index in [0.29, 0.717) is 31.7 Å². The van der Waals surface area contributed by atoms with Gasteiger partial charge in [0.25, 0.3) is 5.91 Å². The summed E-state index contributed by atoms with van der Waals surface area (Å²) in [5.74, 6) is -0.824. The molecule has 0 spiro atoms. The molecular weight excluding hydrogens is 308 g/mol. The van der Waals surface area contributed by atoms with Gasteiger partial charge < -0.3 is 14.9 Å². The van der Waals surface area contributed by atoms with Gasteiger partial charge >= 0.3 is 5.97 Å². The van der Waals surface area contributed by atoms with Crippen molar-refractivity contribution in [3.63, 3.8) is 0 Å². The molecule has 128 valence electrons. The number of amides is 2. The van der Waals surface area contributed by atoms with E-state index < -0.39 is 5.97 Å². The van der Waals surface area contributed by atoms with Crippen LogP contribution in [-0.2, 0) is 4.79 Å². The van der Waals surface area contributed by atoms with Gasteiger partial charge in [-0.2, -0.15) is 0 Å². The van der Waals surface area contributed by atoms with Crippen LogP contribution in [0.1, 0.15) is 46.4 Å². The highest BCUT2D eigenvalue weighted by Crippen LogP contribution is 2.27. The first-order valence-corrected chi connectivity index (χ1v) is 8.47. The van der Waals surface area contributed by atoms with Gasteiger partial charge in [0.05, 0.1) is 5.56 Å². The summed E-state index contributed by atoms with van der Waals surface area (Å²) < 4.78 is 0. The monoisotopic (exact) mass is 330 g/mol. The van der Waals surface area contributed by atoms with E-state index in [2.05, 4.69) is 0 Å². The van der Waals surface area contributed by atoms with Gasteiger partial charge in [0, 0.05) is 37.7 Å². The van der Waals surface area contributed by atoms with Crippen LogP contribution >= 0.6 is 0 Å². The van der Waals surface area contributed by atoms with Crippen LogP contribution in [0.3, 0.4) is 0 Å². The summed E-state index contributed by atoms with van der Waals surface area (Å²) in [5, 5.41) is 9.03. The largest absolute Gasteiger partial charge is 0.478 e. The summed E-state index contributed by atoms with van der Waals surface area (Å²) in [6.07, 6.45) is 4.24. The summed E-state index contributed by atoms with van der Waals surface area (Å²) in [7, 11) is 0. The van der Waals surface area contributed by atoms with Crippen LogP contribution in [-0.4, -0.2) is 58.9 Å². The molecule has 1 N–H and O–H groups in total. The van der Waals surface area contributed by atoms with Crippen LogP contribution < -0.4 is 0 Å². The summed E-state index contributed by atoms with van der Waals surface area (Å²) >= 11 is 0. The Hall–Kier alpha value is -2.37. The molecule has 6 nitrogen and oxygen atoms in total. The fourth-order valence-corrected chi connectivity index (χ4v) is 3.53. The number of aromatic carboxylic acids is 1. The zero-order valence-corrected chi connectivity index (χ0v) is 13.6. The van der Waals surface area contributed by atoms with Crippen LogP contribution in [0, 0.1) is 5.92 Å². The van der Waals surface area contributed by atoms with Crippen molar-refractivity contribution in [2.45, 2.75) is 25.7 Å². The average molecular weight is 330 g/mol. The Kier molecular flexibility index (Phi) is 4.83. The van der Waals surface area contributed by atoms with Gasteiger partial charge in [0.1, 0.15) is 0 Å². The molecule has 0 bridgehead atoms. The van der Waals surface area contributed by atoms with Gasteiger partial charge in [-0.1, -0.05) is 18.9 Å². The third-order valence-corrected chi connectivity index (χ3v) is 4.94. The summed E-state index contributed by atoms with van der Waals surface area (Å²) in [6.45, 7) is 2.10. The topological polar surface area (TPSA) is 77.9 Å². The number of carboxylic acid groups (broad SMARTS) is 1. The van der Waals surface area contributed by atoms with Gasteiger partial charge in [0.15, 0.2) is 0 Å². The Morgan fingerprint density at radius 2 is 1.50 bits per heavy atom. The lowest BCUT2D eigenvalue weighted by Crippen LogP contribution is -2.51. The lowest BCUT2D eigenvalue weighted by molar-refractivity contribution is -0.136. The molecule has 2 amide bonds. The van der Waals surface area contributed by atoms with Crippen LogP contribution in [0.5, 0.6) is 0 Å². The lowest BCUT2D eigenvalue weighted by Gasteiger charge is -2.36. The number of piperazine rings is 1. The number of carbonyl (C=O) groups excluding carboxylic acids is 2. The van der Waals surface area contributed by atoms with Crippen molar-refractivity contribution in [1.29, 1.82) is 0 Å². The maximum Gasteiger partial charge on any atom is 0.335 e. The van der Waals surface area contributed by atoms with E-state index in [-0.39, 0.29) is 23.3 Å². The smallest absolute Gasteiger partial charge is 0.335 e. The second kappa shape index (κ2) is 7.03. The Bertz CT molecular complexity index is 644. The number of carboxylic acids is 1. The van der Waals surface area contributed by atoms with Crippen LogP contribution in [0.2, 0.25) is 0 Å². The van der Waals surface area contributed by atoms with E-state index in [0.717, 1.165) is 25.7 Å². The lowest BCUT2D eigenvalue weighted by atomic mass is 10.1. The second-order valence-electron chi connectivity index (χ2n) is 6.48. The highest BCUT2D eigenvalue weighted by atomic mass is 16.4. The highest BCUT2D eigenvalue weighted by molar-refractivity contribution is 5.97. The van der Waals surface area contributed by atoms with E-state index in [1.165, 1.54) is 12.1 Å². The Balaban J connectivity index is 1.60. The molecule has 1 aliphatic carbocycles. The SMILES string of the molecule is O=C(O)c1cccc(C(=O)N2CCN(C(=O)C3CCCC3)CC2)c1. The van der Waals surface area contributed by atoms with E-state index >= 15 is 0 Å². The number of rotatable bonds is 3. The maximum absolute atomic E-state index is 12.5. The number of benzene rings is 1. The zero-order valence-electron chi connectivity index (χ0n) is 13.6. The Labute approximate surface area is 141 Å². The first-order chi connectivity index (χ1) is 11.6. The molecule has 2 aliphatic rings. The van der Waals surface area contributed by atoms with Crippen molar-refractivity contribution in [2.75, 3.05) is 26.2 Å². The van der Waals surface area contributed by atoms with Crippen molar-refractivity contribution < 1.29 is 19.5 Å². The number of nitrogens with zero attached hydrogens (tertiary/aromatic N) is 2. The maximum atomic E-state index is 12.5. The predicted molar refractivity (Wildman–Crippen MR) is 87.8 cm³/mol. The predicted octanol–water partition coefficient (Wildman–Crippen LogP) is 1.86. The van der Waals surface area contributed by atoms with Crippen molar-refractivity contribution >= 4 is 17.8 Å². The van der Waals surface area contributed by atoms with E-state index in [1.807, 2.05) is 4.90 Å². The van der Waals surface area contributed by atoms with Crippen molar-refractivity contribution in [3.05, 3.63) is 35.4 Å². The normalized spacial score (nSPS) is 18.7.